The van der Waals surface area contributed by atoms with E-state index in [9.17, 15) is 9.59 Å². The predicted octanol–water partition coefficient (Wildman–Crippen LogP) is 7.33. The molecule has 0 atom stereocenters. The normalized spacial score (nSPS) is 14.8. The Kier molecular flexibility index (Phi) is 7.37. The molecule has 1 N–H and O–H groups in total. The lowest BCUT2D eigenvalue weighted by atomic mass is 9.65. The van der Waals surface area contributed by atoms with Crippen molar-refractivity contribution in [1.82, 2.24) is 14.6 Å². The average Bonchev–Trinajstić information content (AvgIpc) is 3.41. The first-order chi connectivity index (χ1) is 18.5. The Hall–Kier alpha value is -3.10. The van der Waals surface area contributed by atoms with Crippen LogP contribution >= 0.6 is 34.8 Å². The van der Waals surface area contributed by atoms with Crippen LogP contribution < -0.4 is 0 Å². The van der Waals surface area contributed by atoms with Gasteiger partial charge in [-0.3, -0.25) is 9.36 Å². The summed E-state index contributed by atoms with van der Waals surface area (Å²) in [4.78, 5) is 27.7. The Morgan fingerprint density at radius 3 is 2.46 bits per heavy atom. The number of carboxylic acid groups (broad SMARTS) is 1. The lowest BCUT2D eigenvalue weighted by Crippen LogP contribution is -2.44. The monoisotopic (exact) mass is 585 g/mol. The molecule has 2 aromatic heterocycles. The number of hydrogen-bond donors (Lipinski definition) is 1. The molecule has 202 valence electrons. The van der Waals surface area contributed by atoms with E-state index in [4.69, 9.17) is 44.4 Å². The number of fused-ring (bicyclic) bond motifs is 1. The first-order valence-corrected chi connectivity index (χ1v) is 13.5. The molecule has 0 bridgehead atoms. The zero-order valence-electron chi connectivity index (χ0n) is 21.6. The number of aliphatic carboxylic acids is 1. The second kappa shape index (κ2) is 10.5. The smallest absolute Gasteiger partial charge is 0.328 e. The molecule has 4 aromatic rings. The maximum absolute atomic E-state index is 14.5. The summed E-state index contributed by atoms with van der Waals surface area (Å²) >= 11 is 19.4. The van der Waals surface area contributed by atoms with Gasteiger partial charge in [0.25, 0.3) is 5.91 Å². The van der Waals surface area contributed by atoms with E-state index in [1.54, 1.807) is 29.0 Å². The van der Waals surface area contributed by atoms with Gasteiger partial charge >= 0.3 is 5.97 Å². The highest BCUT2D eigenvalue weighted by Crippen LogP contribution is 2.49. The molecular weight excluding hydrogens is 561 g/mol. The van der Waals surface area contributed by atoms with Crippen LogP contribution in [-0.2, 0) is 10.2 Å². The van der Waals surface area contributed by atoms with Crippen LogP contribution in [0.15, 0.2) is 47.1 Å². The number of nitrogens with zero attached hydrogens (tertiary/aromatic N) is 3. The molecule has 39 heavy (non-hydrogen) atoms. The summed E-state index contributed by atoms with van der Waals surface area (Å²) < 4.78 is 7.57. The second-order valence-corrected chi connectivity index (χ2v) is 11.5. The Morgan fingerprint density at radius 2 is 1.87 bits per heavy atom. The van der Waals surface area contributed by atoms with E-state index in [2.05, 4.69) is 10.1 Å². The number of hydrogen-bond acceptors (Lipinski definition) is 5. The summed E-state index contributed by atoms with van der Waals surface area (Å²) in [6.07, 6.45) is 7.04. The summed E-state index contributed by atoms with van der Waals surface area (Å²) in [5, 5.41) is 15.2. The van der Waals surface area contributed by atoms with Gasteiger partial charge in [0, 0.05) is 40.2 Å². The van der Waals surface area contributed by atoms with Gasteiger partial charge in [0.05, 0.1) is 15.6 Å². The molecule has 2 aromatic carbocycles. The third-order valence-corrected chi connectivity index (χ3v) is 8.05. The van der Waals surface area contributed by atoms with Crippen LogP contribution in [0, 0.1) is 6.92 Å². The maximum atomic E-state index is 14.5. The van der Waals surface area contributed by atoms with Crippen LogP contribution in [0.5, 0.6) is 0 Å². The Labute approximate surface area is 240 Å². The fraction of sp³-hybridized carbons (Fsp3) is 0.276. The zero-order valence-corrected chi connectivity index (χ0v) is 23.9. The molecule has 1 aliphatic carbocycles. The van der Waals surface area contributed by atoms with Gasteiger partial charge in [-0.05, 0) is 69.3 Å². The molecule has 0 spiro atoms. The number of carbonyl (C=O) groups is 2. The lowest BCUT2D eigenvalue weighted by Gasteiger charge is -2.42. The molecule has 0 unspecified atom stereocenters. The summed E-state index contributed by atoms with van der Waals surface area (Å²) in [5.41, 5.74) is 2.68. The van der Waals surface area contributed by atoms with Crippen molar-refractivity contribution in [3.8, 4) is 11.3 Å². The topological polar surface area (TPSA) is 88.6 Å². The largest absolute Gasteiger partial charge is 0.478 e. The van der Waals surface area contributed by atoms with Crippen molar-refractivity contribution in [3.05, 3.63) is 80.1 Å². The van der Waals surface area contributed by atoms with Crippen LogP contribution in [0.25, 0.3) is 28.2 Å². The predicted molar refractivity (Wildman–Crippen MR) is 154 cm³/mol. The van der Waals surface area contributed by atoms with Gasteiger partial charge in [-0.15, -0.1) is 0 Å². The minimum absolute atomic E-state index is 0.256. The number of halogens is 3. The lowest BCUT2D eigenvalue weighted by molar-refractivity contribution is -0.131. The highest BCUT2D eigenvalue weighted by Gasteiger charge is 2.47. The van der Waals surface area contributed by atoms with E-state index in [0.717, 1.165) is 36.3 Å². The van der Waals surface area contributed by atoms with Crippen molar-refractivity contribution in [2.75, 3.05) is 20.6 Å². The number of aryl methyl sites for hydroxylation is 1. The van der Waals surface area contributed by atoms with Crippen molar-refractivity contribution in [2.24, 2.45) is 0 Å². The molecule has 0 aliphatic heterocycles. The molecule has 5 rings (SSSR count). The van der Waals surface area contributed by atoms with Crippen molar-refractivity contribution in [3.63, 3.8) is 0 Å². The standard InChI is InChI=1S/C29H26Cl3N3O4/c1-16-14-35(21-7-4-6-17(23(16)21)8-9-22(36)37)28(38)25-26(24-19(31)12-18(30)13-20(24)32)33-39-27(25)29(10-5-11-29)15-34(2)3/h4,6-9,12-14H,5,10-11,15H2,1-3H3,(H,36,37)/b9-8+. The van der Waals surface area contributed by atoms with Gasteiger partial charge in [0.1, 0.15) is 11.3 Å². The van der Waals surface area contributed by atoms with Crippen molar-refractivity contribution in [2.45, 2.75) is 31.6 Å². The van der Waals surface area contributed by atoms with E-state index in [1.165, 1.54) is 6.08 Å². The summed E-state index contributed by atoms with van der Waals surface area (Å²) in [5.74, 6) is -0.890. The molecule has 0 radical (unpaired) electrons. The third-order valence-electron chi connectivity index (χ3n) is 7.24. The van der Waals surface area contributed by atoms with E-state index >= 15 is 0 Å². The van der Waals surface area contributed by atoms with Gasteiger partial charge in [-0.1, -0.05) is 58.5 Å². The van der Waals surface area contributed by atoms with Crippen molar-refractivity contribution >= 4 is 63.7 Å². The number of carboxylic acids is 1. The van der Waals surface area contributed by atoms with Crippen LogP contribution in [0.2, 0.25) is 15.1 Å². The molecule has 1 fully saturated rings. The van der Waals surface area contributed by atoms with Gasteiger partial charge < -0.3 is 14.5 Å². The quantitative estimate of drug-likeness (QED) is 0.228. The zero-order chi connectivity index (χ0) is 28.1. The Bertz CT molecular complexity index is 1620. The number of aromatic nitrogens is 2. The SMILES string of the molecule is Cc1cn(C(=O)c2c(-c3c(Cl)cc(Cl)cc3Cl)noc2C2(CN(C)C)CCC2)c2cccc(/C=C/C(=O)O)c12. The van der Waals surface area contributed by atoms with Gasteiger partial charge in [-0.2, -0.15) is 0 Å². The van der Waals surface area contributed by atoms with E-state index in [-0.39, 0.29) is 21.6 Å². The maximum Gasteiger partial charge on any atom is 0.328 e. The molecule has 0 saturated heterocycles. The first kappa shape index (κ1) is 27.5. The molecule has 0 amide bonds. The summed E-state index contributed by atoms with van der Waals surface area (Å²) in [6, 6.07) is 8.54. The van der Waals surface area contributed by atoms with E-state index < -0.39 is 11.4 Å². The van der Waals surface area contributed by atoms with Crippen LogP contribution in [0.1, 0.15) is 46.5 Å². The molecule has 10 heteroatoms. The van der Waals surface area contributed by atoms with Crippen LogP contribution in [0.4, 0.5) is 0 Å². The Morgan fingerprint density at radius 1 is 1.18 bits per heavy atom. The van der Waals surface area contributed by atoms with Crippen molar-refractivity contribution in [1.29, 1.82) is 0 Å². The highest BCUT2D eigenvalue weighted by atomic mass is 35.5. The molecule has 2 heterocycles. The fourth-order valence-electron chi connectivity index (χ4n) is 5.56. The average molecular weight is 587 g/mol. The van der Waals surface area contributed by atoms with Crippen LogP contribution in [-0.4, -0.2) is 52.2 Å². The minimum atomic E-state index is -1.05. The van der Waals surface area contributed by atoms with Gasteiger partial charge in [-0.25, -0.2) is 4.79 Å². The number of carbonyl (C=O) groups excluding carboxylic acids is 1. The third kappa shape index (κ3) is 4.89. The first-order valence-electron chi connectivity index (χ1n) is 12.4. The van der Waals surface area contributed by atoms with E-state index in [0.29, 0.717) is 39.5 Å². The van der Waals surface area contributed by atoms with E-state index in [1.807, 2.05) is 33.2 Å². The minimum Gasteiger partial charge on any atom is -0.478 e. The highest BCUT2D eigenvalue weighted by molar-refractivity contribution is 6.42. The Balaban J connectivity index is 1.76. The summed E-state index contributed by atoms with van der Waals surface area (Å²) in [7, 11) is 3.97. The molecule has 1 aliphatic rings. The fourth-order valence-corrected chi connectivity index (χ4v) is 6.56. The summed E-state index contributed by atoms with van der Waals surface area (Å²) in [6.45, 7) is 2.56. The second-order valence-electron chi connectivity index (χ2n) is 10.3. The molecular formula is C29H26Cl3N3O4. The molecule has 1 saturated carbocycles. The number of likely N-dealkylation sites (N-methyl/N-ethyl adjacent to an activating group) is 1. The van der Waals surface area contributed by atoms with Crippen LogP contribution in [0.3, 0.4) is 0 Å². The number of rotatable bonds is 7. The van der Waals surface area contributed by atoms with Gasteiger partial charge in [0.2, 0.25) is 0 Å². The number of benzene rings is 2. The van der Waals surface area contributed by atoms with Crippen molar-refractivity contribution < 1.29 is 19.2 Å². The molecule has 7 nitrogen and oxygen atoms in total. The van der Waals surface area contributed by atoms with Gasteiger partial charge in [0.15, 0.2) is 5.76 Å².